The van der Waals surface area contributed by atoms with E-state index in [1.807, 2.05) is 17.0 Å². The Labute approximate surface area is 337 Å². The maximum Gasteiger partial charge on any atom is 0.274 e. The summed E-state index contributed by atoms with van der Waals surface area (Å²) in [6.45, 7) is 1.41. The number of anilines is 5. The lowest BCUT2D eigenvalue weighted by molar-refractivity contribution is 0.0942. The first kappa shape index (κ1) is 41.6. The number of amides is 5. The maximum absolute atomic E-state index is 13.3. The predicted octanol–water partition coefficient (Wildman–Crippen LogP) is 3.18. The van der Waals surface area contributed by atoms with Crippen LogP contribution >= 0.6 is 23.2 Å². The molecular formula is C36H42Cl2N14O5. The summed E-state index contributed by atoms with van der Waals surface area (Å²) < 4.78 is 5.66. The van der Waals surface area contributed by atoms with Gasteiger partial charge in [-0.2, -0.15) is 10.2 Å². The SMILES string of the molecule is Cn1cc(NC(=O)c2cc(NC(=O)c3cc(NC(=O)c4ccc(N(CCCl)CCCl)cc4)cn3C)nn2C)cc1C(=O)Nc1cc(C(=O)NCCC(=N)N)n(C)n1. The van der Waals surface area contributed by atoms with Crippen LogP contribution in [-0.2, 0) is 28.2 Å². The molecule has 0 aliphatic carbocycles. The Kier molecular flexibility index (Phi) is 13.4. The third-order valence-electron chi connectivity index (χ3n) is 8.58. The number of nitrogens with zero attached hydrogens (tertiary/aromatic N) is 7. The van der Waals surface area contributed by atoms with E-state index >= 15 is 0 Å². The predicted molar refractivity (Wildman–Crippen MR) is 218 cm³/mol. The van der Waals surface area contributed by atoms with E-state index < -0.39 is 23.6 Å². The molecule has 4 aromatic heterocycles. The molecule has 0 aliphatic rings. The summed E-state index contributed by atoms with van der Waals surface area (Å²) in [4.78, 5) is 67.1. The molecule has 0 spiro atoms. The van der Waals surface area contributed by atoms with Crippen molar-refractivity contribution in [2.24, 2.45) is 33.9 Å². The number of aromatic nitrogens is 6. The molecule has 4 heterocycles. The van der Waals surface area contributed by atoms with Gasteiger partial charge in [-0.1, -0.05) is 0 Å². The molecule has 0 aliphatic heterocycles. The smallest absolute Gasteiger partial charge is 0.274 e. The molecule has 21 heteroatoms. The van der Waals surface area contributed by atoms with Crippen molar-refractivity contribution in [1.29, 1.82) is 5.41 Å². The van der Waals surface area contributed by atoms with Crippen molar-refractivity contribution in [3.63, 3.8) is 0 Å². The number of carbonyl (C=O) groups excluding carboxylic acids is 5. The fourth-order valence-corrected chi connectivity index (χ4v) is 6.17. The molecule has 0 unspecified atom stereocenters. The minimum absolute atomic E-state index is 0.0575. The van der Waals surface area contributed by atoms with Gasteiger partial charge < -0.3 is 46.4 Å². The zero-order valence-corrected chi connectivity index (χ0v) is 33.0. The first-order valence-electron chi connectivity index (χ1n) is 17.4. The topological polar surface area (TPSA) is 244 Å². The maximum atomic E-state index is 13.3. The highest BCUT2D eigenvalue weighted by Gasteiger charge is 2.21. The Balaban J connectivity index is 1.17. The first-order valence-corrected chi connectivity index (χ1v) is 18.5. The van der Waals surface area contributed by atoms with Crippen molar-refractivity contribution in [3.05, 3.63) is 89.3 Å². The number of nitrogens with one attached hydrogen (secondary N) is 6. The second-order valence-electron chi connectivity index (χ2n) is 12.8. The fourth-order valence-electron chi connectivity index (χ4n) is 5.76. The molecule has 1 aromatic carbocycles. The number of rotatable bonds is 17. The second-order valence-corrected chi connectivity index (χ2v) is 13.5. The standard InChI is InChI=1S/C36H42Cl2N14O5/c1-48-19-22(42-32(53)21-5-7-24(8-6-21)52(13-10-37)14-11-38)15-25(48)34(55)45-31-18-28(51(4)47-31)36(57)43-23-16-26(49(2)20-23)35(56)44-30-17-27(50(3)46-30)33(54)41-12-9-29(39)40/h5-8,15-20H,9-14H2,1-4H3,(H3,39,40)(H,41,54)(H,42,53)(H,43,57)(H,44,46,56)(H,45,47,55). The average molecular weight is 822 g/mol. The number of alkyl halides is 2. The number of benzene rings is 1. The van der Waals surface area contributed by atoms with E-state index in [1.54, 1.807) is 50.2 Å². The molecule has 5 rings (SSSR count). The largest absolute Gasteiger partial charge is 0.388 e. The number of aryl methyl sites for hydroxylation is 4. The normalized spacial score (nSPS) is 10.8. The van der Waals surface area contributed by atoms with E-state index in [0.29, 0.717) is 41.8 Å². The molecular weight excluding hydrogens is 779 g/mol. The molecule has 300 valence electrons. The summed E-state index contributed by atoms with van der Waals surface area (Å²) in [5.74, 6) is -1.40. The number of carbonyl (C=O) groups is 5. The van der Waals surface area contributed by atoms with E-state index in [1.165, 1.54) is 45.2 Å². The number of halogens is 2. The van der Waals surface area contributed by atoms with Crippen LogP contribution in [0.1, 0.15) is 58.7 Å². The fraction of sp³-hybridized carbons (Fsp3) is 0.278. The third-order valence-corrected chi connectivity index (χ3v) is 8.92. The number of amidine groups is 1. The molecule has 0 radical (unpaired) electrons. The lowest BCUT2D eigenvalue weighted by Crippen LogP contribution is -2.29. The van der Waals surface area contributed by atoms with E-state index in [9.17, 15) is 24.0 Å². The summed E-state index contributed by atoms with van der Waals surface area (Å²) in [5.41, 5.74) is 8.05. The van der Waals surface area contributed by atoms with Gasteiger partial charge in [0.25, 0.3) is 29.5 Å². The van der Waals surface area contributed by atoms with Crippen molar-refractivity contribution in [2.75, 3.05) is 57.6 Å². The molecule has 0 saturated carbocycles. The molecule has 0 atom stereocenters. The summed E-state index contributed by atoms with van der Waals surface area (Å²) in [6, 6.07) is 12.8. The van der Waals surface area contributed by atoms with Gasteiger partial charge >= 0.3 is 0 Å². The summed E-state index contributed by atoms with van der Waals surface area (Å²) in [6.07, 6.45) is 3.33. The Bertz CT molecular complexity index is 2300. The quantitative estimate of drug-likeness (QED) is 0.0413. The van der Waals surface area contributed by atoms with Gasteiger partial charge in [-0.25, -0.2) is 0 Å². The van der Waals surface area contributed by atoms with Gasteiger partial charge in [0.1, 0.15) is 22.8 Å². The van der Waals surface area contributed by atoms with Crippen LogP contribution in [0, 0.1) is 5.41 Å². The summed E-state index contributed by atoms with van der Waals surface area (Å²) in [5, 5.41) is 29.2. The van der Waals surface area contributed by atoms with Gasteiger partial charge in [0.2, 0.25) is 0 Å². The van der Waals surface area contributed by atoms with Gasteiger partial charge in [-0.05, 0) is 36.4 Å². The van der Waals surface area contributed by atoms with Crippen molar-refractivity contribution >= 4 is 87.3 Å². The molecule has 0 saturated heterocycles. The monoisotopic (exact) mass is 820 g/mol. The van der Waals surface area contributed by atoms with Crippen molar-refractivity contribution in [1.82, 2.24) is 34.0 Å². The van der Waals surface area contributed by atoms with Crippen LogP contribution in [0.3, 0.4) is 0 Å². The van der Waals surface area contributed by atoms with E-state index in [2.05, 4.69) is 36.8 Å². The Morgan fingerprint density at radius 1 is 0.667 bits per heavy atom. The van der Waals surface area contributed by atoms with E-state index in [-0.39, 0.29) is 59.1 Å². The van der Waals surface area contributed by atoms with E-state index in [4.69, 9.17) is 34.3 Å². The lowest BCUT2D eigenvalue weighted by Gasteiger charge is -2.22. The highest BCUT2D eigenvalue weighted by molar-refractivity contribution is 6.18. The minimum atomic E-state index is -0.559. The van der Waals surface area contributed by atoms with Gasteiger partial charge in [-0.3, -0.25) is 38.7 Å². The van der Waals surface area contributed by atoms with Gasteiger partial charge in [0.05, 0.1) is 17.2 Å². The molecule has 57 heavy (non-hydrogen) atoms. The highest BCUT2D eigenvalue weighted by atomic mass is 35.5. The third kappa shape index (κ3) is 10.4. The van der Waals surface area contributed by atoms with Crippen LogP contribution in [0.4, 0.5) is 28.7 Å². The van der Waals surface area contributed by atoms with Crippen LogP contribution in [0.25, 0.3) is 0 Å². The second kappa shape index (κ2) is 18.4. The van der Waals surface area contributed by atoms with Crippen LogP contribution in [-0.4, -0.2) is 95.5 Å². The zero-order valence-electron chi connectivity index (χ0n) is 31.5. The Hall–Kier alpha value is -6.60. The molecule has 0 fully saturated rings. The van der Waals surface area contributed by atoms with Gasteiger partial charge in [-0.15, -0.1) is 23.2 Å². The number of hydrogen-bond acceptors (Lipinski definition) is 9. The van der Waals surface area contributed by atoms with Gasteiger partial charge in [0, 0.05) is 102 Å². The molecule has 5 amide bonds. The van der Waals surface area contributed by atoms with Crippen molar-refractivity contribution in [3.8, 4) is 0 Å². The highest BCUT2D eigenvalue weighted by Crippen LogP contribution is 2.21. The van der Waals surface area contributed by atoms with Crippen LogP contribution in [0.5, 0.6) is 0 Å². The van der Waals surface area contributed by atoms with Crippen molar-refractivity contribution in [2.45, 2.75) is 6.42 Å². The summed E-state index contributed by atoms with van der Waals surface area (Å²) >= 11 is 11.8. The Morgan fingerprint density at radius 3 is 1.60 bits per heavy atom. The molecule has 19 nitrogen and oxygen atoms in total. The number of nitrogens with two attached hydrogens (primary N) is 1. The summed E-state index contributed by atoms with van der Waals surface area (Å²) in [7, 11) is 6.36. The van der Waals surface area contributed by atoms with Crippen LogP contribution in [0.2, 0.25) is 0 Å². The number of hydrogen-bond donors (Lipinski definition) is 7. The molecule has 0 bridgehead atoms. The van der Waals surface area contributed by atoms with Crippen LogP contribution < -0.4 is 37.2 Å². The average Bonchev–Trinajstić information content (AvgIpc) is 3.92. The lowest BCUT2D eigenvalue weighted by atomic mass is 10.1. The molecule has 5 aromatic rings. The minimum Gasteiger partial charge on any atom is -0.388 e. The van der Waals surface area contributed by atoms with Gasteiger partial charge in [0.15, 0.2) is 11.6 Å². The Morgan fingerprint density at radius 2 is 1.12 bits per heavy atom. The van der Waals surface area contributed by atoms with E-state index in [0.717, 1.165) is 5.69 Å². The van der Waals surface area contributed by atoms with Crippen LogP contribution in [0.15, 0.2) is 60.9 Å². The first-order chi connectivity index (χ1) is 27.2. The van der Waals surface area contributed by atoms with Crippen molar-refractivity contribution < 1.29 is 24.0 Å². The zero-order chi connectivity index (χ0) is 41.4. The molecule has 8 N–H and O–H groups in total.